The van der Waals surface area contributed by atoms with Crippen LogP contribution in [-0.2, 0) is 4.79 Å². The van der Waals surface area contributed by atoms with Crippen molar-refractivity contribution < 1.29 is 9.53 Å². The SMILES string of the molecule is COc1ccc(N2C(=O)C(=Cc3cccc(Cl)c3)SC2c2ccc(C)cc2)cc1. The minimum Gasteiger partial charge on any atom is -0.497 e. The van der Waals surface area contributed by atoms with Crippen molar-refractivity contribution in [1.82, 2.24) is 0 Å². The number of hydrogen-bond donors (Lipinski definition) is 0. The minimum absolute atomic E-state index is 0.0225. The highest BCUT2D eigenvalue weighted by molar-refractivity contribution is 8.05. The van der Waals surface area contributed by atoms with Gasteiger partial charge in [-0.2, -0.15) is 0 Å². The normalized spacial score (nSPS) is 17.8. The third kappa shape index (κ3) is 4.19. The second-order valence-electron chi connectivity index (χ2n) is 6.82. The number of anilines is 1. The molecule has 1 unspecified atom stereocenters. The van der Waals surface area contributed by atoms with Crippen molar-refractivity contribution >= 4 is 41.0 Å². The lowest BCUT2D eigenvalue weighted by Gasteiger charge is -2.24. The Kier molecular flexibility index (Phi) is 5.65. The van der Waals surface area contributed by atoms with E-state index in [1.807, 2.05) is 59.5 Å². The largest absolute Gasteiger partial charge is 0.497 e. The first kappa shape index (κ1) is 19.6. The molecule has 3 nitrogen and oxygen atoms in total. The van der Waals surface area contributed by atoms with Gasteiger partial charge in [0.15, 0.2) is 0 Å². The molecule has 4 rings (SSSR count). The number of hydrogen-bond acceptors (Lipinski definition) is 3. The zero-order valence-corrected chi connectivity index (χ0v) is 17.7. The van der Waals surface area contributed by atoms with Crippen molar-refractivity contribution in [2.45, 2.75) is 12.3 Å². The highest BCUT2D eigenvalue weighted by Gasteiger charge is 2.38. The Labute approximate surface area is 180 Å². The molecule has 5 heteroatoms. The zero-order chi connectivity index (χ0) is 20.4. The molecule has 0 radical (unpaired) electrons. The Morgan fingerprint density at radius 1 is 1.03 bits per heavy atom. The number of methoxy groups -OCH3 is 1. The van der Waals surface area contributed by atoms with Gasteiger partial charge in [0, 0.05) is 10.7 Å². The van der Waals surface area contributed by atoms with Crippen molar-refractivity contribution in [3.05, 3.63) is 99.4 Å². The van der Waals surface area contributed by atoms with Gasteiger partial charge in [-0.3, -0.25) is 9.69 Å². The maximum atomic E-state index is 13.4. The van der Waals surface area contributed by atoms with Crippen LogP contribution in [0.1, 0.15) is 22.1 Å². The molecule has 0 aromatic heterocycles. The molecule has 1 aliphatic rings. The highest BCUT2D eigenvalue weighted by atomic mass is 35.5. The molecule has 0 N–H and O–H groups in total. The number of aryl methyl sites for hydroxylation is 1. The van der Waals surface area contributed by atoms with Gasteiger partial charge in [0.1, 0.15) is 11.1 Å². The number of carbonyl (C=O) groups excluding carboxylic acids is 1. The lowest BCUT2D eigenvalue weighted by Crippen LogP contribution is -2.27. The summed E-state index contributed by atoms with van der Waals surface area (Å²) in [4.78, 5) is 15.9. The van der Waals surface area contributed by atoms with Gasteiger partial charge in [-0.25, -0.2) is 0 Å². The van der Waals surface area contributed by atoms with Gasteiger partial charge in [-0.1, -0.05) is 65.3 Å². The predicted octanol–water partition coefficient (Wildman–Crippen LogP) is 6.48. The lowest BCUT2D eigenvalue weighted by atomic mass is 10.1. The number of nitrogens with zero attached hydrogens (tertiary/aromatic N) is 1. The number of ether oxygens (including phenoxy) is 1. The molecule has 146 valence electrons. The van der Waals surface area contributed by atoms with Gasteiger partial charge in [-0.05, 0) is 60.5 Å². The van der Waals surface area contributed by atoms with E-state index in [0.717, 1.165) is 22.6 Å². The predicted molar refractivity (Wildman–Crippen MR) is 121 cm³/mol. The maximum Gasteiger partial charge on any atom is 0.266 e. The molecule has 3 aromatic carbocycles. The van der Waals surface area contributed by atoms with Crippen LogP contribution in [0.4, 0.5) is 5.69 Å². The van der Waals surface area contributed by atoms with Crippen LogP contribution in [0.3, 0.4) is 0 Å². The molecule has 1 heterocycles. The number of thioether (sulfide) groups is 1. The van der Waals surface area contributed by atoms with Crippen LogP contribution in [0.2, 0.25) is 5.02 Å². The smallest absolute Gasteiger partial charge is 0.266 e. The number of carbonyl (C=O) groups is 1. The molecule has 1 fully saturated rings. The molecule has 29 heavy (non-hydrogen) atoms. The summed E-state index contributed by atoms with van der Waals surface area (Å²) < 4.78 is 5.26. The molecule has 0 saturated carbocycles. The third-order valence-corrected chi connectivity index (χ3v) is 6.25. The van der Waals surface area contributed by atoms with E-state index in [0.29, 0.717) is 9.93 Å². The average molecular weight is 422 g/mol. The Balaban J connectivity index is 1.75. The first-order valence-electron chi connectivity index (χ1n) is 9.23. The highest BCUT2D eigenvalue weighted by Crippen LogP contribution is 2.48. The van der Waals surface area contributed by atoms with Crippen LogP contribution in [0.5, 0.6) is 5.75 Å². The Morgan fingerprint density at radius 2 is 1.76 bits per heavy atom. The van der Waals surface area contributed by atoms with Gasteiger partial charge < -0.3 is 4.74 Å². The number of halogens is 1. The second-order valence-corrected chi connectivity index (χ2v) is 8.38. The van der Waals surface area contributed by atoms with Crippen LogP contribution in [0, 0.1) is 6.92 Å². The van der Waals surface area contributed by atoms with Gasteiger partial charge in [-0.15, -0.1) is 0 Å². The van der Waals surface area contributed by atoms with E-state index in [1.165, 1.54) is 5.56 Å². The Hall–Kier alpha value is -2.69. The van der Waals surface area contributed by atoms with E-state index in [4.69, 9.17) is 16.3 Å². The van der Waals surface area contributed by atoms with Crippen LogP contribution < -0.4 is 9.64 Å². The minimum atomic E-state index is -0.137. The van der Waals surface area contributed by atoms with E-state index in [1.54, 1.807) is 18.9 Å². The van der Waals surface area contributed by atoms with E-state index in [2.05, 4.69) is 31.2 Å². The summed E-state index contributed by atoms with van der Waals surface area (Å²) in [6.07, 6.45) is 1.91. The summed E-state index contributed by atoms with van der Waals surface area (Å²) in [6.45, 7) is 2.06. The molecule has 0 aliphatic carbocycles. The number of benzene rings is 3. The van der Waals surface area contributed by atoms with Gasteiger partial charge in [0.25, 0.3) is 5.91 Å². The van der Waals surface area contributed by atoms with E-state index >= 15 is 0 Å². The molecule has 1 saturated heterocycles. The summed E-state index contributed by atoms with van der Waals surface area (Å²) in [6, 6.07) is 23.4. The molecule has 0 bridgehead atoms. The summed E-state index contributed by atoms with van der Waals surface area (Å²) >= 11 is 7.67. The summed E-state index contributed by atoms with van der Waals surface area (Å²) in [5, 5.41) is 0.513. The molecule has 1 amide bonds. The zero-order valence-electron chi connectivity index (χ0n) is 16.1. The van der Waals surface area contributed by atoms with Crippen LogP contribution in [0.25, 0.3) is 6.08 Å². The van der Waals surface area contributed by atoms with Crippen molar-refractivity contribution in [3.8, 4) is 5.75 Å². The van der Waals surface area contributed by atoms with Gasteiger partial charge in [0.05, 0.1) is 12.0 Å². The fourth-order valence-electron chi connectivity index (χ4n) is 3.24. The Morgan fingerprint density at radius 3 is 2.41 bits per heavy atom. The van der Waals surface area contributed by atoms with Gasteiger partial charge in [0.2, 0.25) is 0 Å². The quantitative estimate of drug-likeness (QED) is 0.451. The Bertz CT molecular complexity index is 1060. The molecular formula is C24H20ClNO2S. The van der Waals surface area contributed by atoms with Crippen LogP contribution >= 0.6 is 23.4 Å². The summed E-state index contributed by atoms with van der Waals surface area (Å²) in [7, 11) is 1.63. The number of amides is 1. The van der Waals surface area contributed by atoms with Crippen LogP contribution in [-0.4, -0.2) is 13.0 Å². The second kappa shape index (κ2) is 8.36. The van der Waals surface area contributed by atoms with Crippen LogP contribution in [0.15, 0.2) is 77.7 Å². The fraction of sp³-hybridized carbons (Fsp3) is 0.125. The average Bonchev–Trinajstić information content (AvgIpc) is 3.05. The lowest BCUT2D eigenvalue weighted by molar-refractivity contribution is -0.114. The first-order chi connectivity index (χ1) is 14.0. The van der Waals surface area contributed by atoms with E-state index in [9.17, 15) is 4.79 Å². The maximum absolute atomic E-state index is 13.4. The van der Waals surface area contributed by atoms with Gasteiger partial charge >= 0.3 is 0 Å². The summed E-state index contributed by atoms with van der Waals surface area (Å²) in [5.41, 5.74) is 4.02. The molecule has 1 aliphatic heterocycles. The van der Waals surface area contributed by atoms with Crippen molar-refractivity contribution in [1.29, 1.82) is 0 Å². The van der Waals surface area contributed by atoms with Crippen molar-refractivity contribution in [2.24, 2.45) is 0 Å². The topological polar surface area (TPSA) is 29.5 Å². The number of rotatable bonds is 4. The standard InChI is InChI=1S/C24H20ClNO2S/c1-16-6-8-18(9-7-16)24-26(20-10-12-21(28-2)13-11-20)23(27)22(29-24)15-17-4-3-5-19(25)14-17/h3-15,24H,1-2H3. The first-order valence-corrected chi connectivity index (χ1v) is 10.5. The van der Waals surface area contributed by atoms with Crippen molar-refractivity contribution in [3.63, 3.8) is 0 Å². The third-order valence-electron chi connectivity index (χ3n) is 4.76. The van der Waals surface area contributed by atoms with Crippen molar-refractivity contribution in [2.75, 3.05) is 12.0 Å². The molecule has 1 atom stereocenters. The molecular weight excluding hydrogens is 402 g/mol. The fourth-order valence-corrected chi connectivity index (χ4v) is 4.69. The molecule has 0 spiro atoms. The summed E-state index contributed by atoms with van der Waals surface area (Å²) in [5.74, 6) is 0.736. The van der Waals surface area contributed by atoms with E-state index in [-0.39, 0.29) is 11.3 Å². The van der Waals surface area contributed by atoms with E-state index < -0.39 is 0 Å². The monoisotopic (exact) mass is 421 g/mol. The molecule has 3 aromatic rings.